The van der Waals surface area contributed by atoms with Gasteiger partial charge in [-0.3, -0.25) is 0 Å². The molecule has 0 aliphatic carbocycles. The fourth-order valence-corrected chi connectivity index (χ4v) is 2.06. The van der Waals surface area contributed by atoms with Crippen LogP contribution in [-0.4, -0.2) is 23.4 Å². The van der Waals surface area contributed by atoms with Crippen molar-refractivity contribution < 1.29 is 9.26 Å². The quantitative estimate of drug-likeness (QED) is 0.852. The largest absolute Gasteiger partial charge is 0.381 e. The Balaban J connectivity index is 1.94. The van der Waals surface area contributed by atoms with Crippen LogP contribution in [0.1, 0.15) is 62.7 Å². The van der Waals surface area contributed by atoms with E-state index in [1.807, 2.05) is 0 Å². The Morgan fingerprint density at radius 3 is 3.12 bits per heavy atom. The summed E-state index contributed by atoms with van der Waals surface area (Å²) in [6.45, 7) is 3.69. The summed E-state index contributed by atoms with van der Waals surface area (Å²) in [6.07, 6.45) is 5.26. The van der Waals surface area contributed by atoms with Gasteiger partial charge in [0.1, 0.15) is 0 Å². The number of ether oxygens (including phenoxy) is 1. The number of hydrogen-bond acceptors (Lipinski definition) is 5. The molecular weight excluding hydrogens is 218 g/mol. The first-order valence-corrected chi connectivity index (χ1v) is 6.48. The Morgan fingerprint density at radius 2 is 2.41 bits per heavy atom. The van der Waals surface area contributed by atoms with Gasteiger partial charge < -0.3 is 15.0 Å². The van der Waals surface area contributed by atoms with E-state index < -0.39 is 0 Å². The smallest absolute Gasteiger partial charge is 0.243 e. The third-order valence-corrected chi connectivity index (χ3v) is 3.17. The summed E-state index contributed by atoms with van der Waals surface area (Å²) in [4.78, 5) is 4.40. The van der Waals surface area contributed by atoms with Crippen LogP contribution in [0.4, 0.5) is 0 Å². The highest BCUT2D eigenvalue weighted by molar-refractivity contribution is 4.99. The van der Waals surface area contributed by atoms with Gasteiger partial charge in [-0.2, -0.15) is 4.98 Å². The number of rotatable bonds is 5. The van der Waals surface area contributed by atoms with Crippen LogP contribution < -0.4 is 5.73 Å². The van der Waals surface area contributed by atoms with Gasteiger partial charge in [-0.15, -0.1) is 0 Å². The molecule has 0 amide bonds. The minimum atomic E-state index is -0.124. The monoisotopic (exact) mass is 239 g/mol. The van der Waals surface area contributed by atoms with E-state index in [4.69, 9.17) is 15.0 Å². The molecule has 0 aromatic carbocycles. The maximum absolute atomic E-state index is 6.00. The molecule has 1 aliphatic rings. The average Bonchev–Trinajstić information content (AvgIpc) is 2.86. The Labute approximate surface area is 102 Å². The predicted molar refractivity (Wildman–Crippen MR) is 63.5 cm³/mol. The minimum absolute atomic E-state index is 0.124. The van der Waals surface area contributed by atoms with Crippen molar-refractivity contribution in [3.63, 3.8) is 0 Å². The summed E-state index contributed by atoms with van der Waals surface area (Å²) in [6, 6.07) is -0.124. The van der Waals surface area contributed by atoms with Crippen molar-refractivity contribution >= 4 is 0 Å². The maximum Gasteiger partial charge on any atom is 0.243 e. The van der Waals surface area contributed by atoms with E-state index in [1.165, 1.54) is 0 Å². The second kappa shape index (κ2) is 6.12. The van der Waals surface area contributed by atoms with E-state index in [0.29, 0.717) is 12.5 Å². The number of hydrogen-bond donors (Lipinski definition) is 1. The molecule has 0 radical (unpaired) electrons. The van der Waals surface area contributed by atoms with Gasteiger partial charge in [-0.05, 0) is 19.3 Å². The van der Waals surface area contributed by atoms with E-state index >= 15 is 0 Å². The van der Waals surface area contributed by atoms with Crippen LogP contribution in [0.3, 0.4) is 0 Å². The van der Waals surface area contributed by atoms with Crippen molar-refractivity contribution in [1.29, 1.82) is 0 Å². The lowest BCUT2D eigenvalue weighted by molar-refractivity contribution is 0.0773. The van der Waals surface area contributed by atoms with E-state index in [9.17, 15) is 0 Å². The van der Waals surface area contributed by atoms with Crippen LogP contribution in [-0.2, 0) is 4.74 Å². The molecule has 1 saturated heterocycles. The van der Waals surface area contributed by atoms with E-state index in [0.717, 1.165) is 44.5 Å². The summed E-state index contributed by atoms with van der Waals surface area (Å²) in [5.74, 6) is 1.60. The second-order valence-corrected chi connectivity index (χ2v) is 4.65. The number of nitrogens with two attached hydrogens (primary N) is 1. The summed E-state index contributed by atoms with van der Waals surface area (Å²) >= 11 is 0. The Kier molecular flexibility index (Phi) is 4.50. The highest BCUT2D eigenvalue weighted by Crippen LogP contribution is 2.24. The minimum Gasteiger partial charge on any atom is -0.381 e. The topological polar surface area (TPSA) is 74.2 Å². The zero-order chi connectivity index (χ0) is 12.1. The van der Waals surface area contributed by atoms with E-state index in [2.05, 4.69) is 17.1 Å². The molecule has 1 aliphatic heterocycles. The normalized spacial score (nSPS) is 22.6. The molecule has 0 saturated carbocycles. The van der Waals surface area contributed by atoms with Gasteiger partial charge in [0.15, 0.2) is 5.82 Å². The van der Waals surface area contributed by atoms with Gasteiger partial charge in [-0.1, -0.05) is 24.9 Å². The average molecular weight is 239 g/mol. The summed E-state index contributed by atoms with van der Waals surface area (Å²) in [5, 5.41) is 4.02. The van der Waals surface area contributed by atoms with Crippen LogP contribution in [0.5, 0.6) is 0 Å². The molecule has 17 heavy (non-hydrogen) atoms. The molecule has 5 heteroatoms. The highest BCUT2D eigenvalue weighted by Gasteiger charge is 2.23. The standard InChI is InChI=1S/C12H21N3O2/c1-2-3-6-10(13)12-14-11(15-17-12)9-5-4-7-16-8-9/h9-10H,2-8,13H2,1H3. The van der Waals surface area contributed by atoms with E-state index in [1.54, 1.807) is 0 Å². The zero-order valence-electron chi connectivity index (χ0n) is 10.4. The highest BCUT2D eigenvalue weighted by atomic mass is 16.5. The first-order valence-electron chi connectivity index (χ1n) is 6.48. The van der Waals surface area contributed by atoms with Crippen molar-refractivity contribution in [2.24, 2.45) is 5.73 Å². The number of nitrogens with zero attached hydrogens (tertiary/aromatic N) is 2. The van der Waals surface area contributed by atoms with Crippen molar-refractivity contribution in [2.45, 2.75) is 51.0 Å². The molecule has 96 valence electrons. The van der Waals surface area contributed by atoms with Crippen LogP contribution >= 0.6 is 0 Å². The number of unbranched alkanes of at least 4 members (excludes halogenated alkanes) is 1. The van der Waals surface area contributed by atoms with E-state index in [-0.39, 0.29) is 12.0 Å². The predicted octanol–water partition coefficient (Wildman–Crippen LogP) is 2.15. The van der Waals surface area contributed by atoms with Crippen LogP contribution in [0.2, 0.25) is 0 Å². The zero-order valence-corrected chi connectivity index (χ0v) is 10.4. The molecule has 0 bridgehead atoms. The number of aromatic nitrogens is 2. The Morgan fingerprint density at radius 1 is 1.53 bits per heavy atom. The van der Waals surface area contributed by atoms with Gasteiger partial charge in [0.05, 0.1) is 12.6 Å². The lowest BCUT2D eigenvalue weighted by atomic mass is 10.0. The van der Waals surface area contributed by atoms with Gasteiger partial charge in [0, 0.05) is 12.5 Å². The van der Waals surface area contributed by atoms with Crippen molar-refractivity contribution in [3.05, 3.63) is 11.7 Å². The summed E-state index contributed by atoms with van der Waals surface area (Å²) in [7, 11) is 0. The molecule has 5 nitrogen and oxygen atoms in total. The summed E-state index contributed by atoms with van der Waals surface area (Å²) < 4.78 is 10.7. The molecule has 1 aromatic rings. The fourth-order valence-electron chi connectivity index (χ4n) is 2.06. The van der Waals surface area contributed by atoms with Crippen LogP contribution in [0.25, 0.3) is 0 Å². The van der Waals surface area contributed by atoms with Gasteiger partial charge in [-0.25, -0.2) is 0 Å². The molecule has 2 rings (SSSR count). The van der Waals surface area contributed by atoms with Gasteiger partial charge in [0.2, 0.25) is 5.89 Å². The second-order valence-electron chi connectivity index (χ2n) is 4.65. The van der Waals surface area contributed by atoms with Crippen molar-refractivity contribution in [1.82, 2.24) is 10.1 Å². The van der Waals surface area contributed by atoms with Crippen molar-refractivity contribution in [3.8, 4) is 0 Å². The SMILES string of the molecule is CCCCC(N)c1nc(C2CCCOC2)no1. The molecule has 2 unspecified atom stereocenters. The fraction of sp³-hybridized carbons (Fsp3) is 0.833. The van der Waals surface area contributed by atoms with Crippen LogP contribution in [0.15, 0.2) is 4.52 Å². The lowest BCUT2D eigenvalue weighted by Gasteiger charge is -2.18. The van der Waals surface area contributed by atoms with Crippen LogP contribution in [0, 0.1) is 0 Å². The Bertz CT molecular complexity index is 334. The third-order valence-electron chi connectivity index (χ3n) is 3.17. The molecular formula is C12H21N3O2. The third kappa shape index (κ3) is 3.26. The first-order chi connectivity index (χ1) is 8.31. The lowest BCUT2D eigenvalue weighted by Crippen LogP contribution is -2.17. The molecule has 2 heterocycles. The van der Waals surface area contributed by atoms with Gasteiger partial charge >= 0.3 is 0 Å². The first kappa shape index (κ1) is 12.5. The Hall–Kier alpha value is -0.940. The molecule has 2 N–H and O–H groups in total. The molecule has 1 aromatic heterocycles. The molecule has 2 atom stereocenters. The summed E-state index contributed by atoms with van der Waals surface area (Å²) in [5.41, 5.74) is 6.00. The molecule has 0 spiro atoms. The van der Waals surface area contributed by atoms with Crippen molar-refractivity contribution in [2.75, 3.05) is 13.2 Å². The van der Waals surface area contributed by atoms with Gasteiger partial charge in [0.25, 0.3) is 0 Å². The maximum atomic E-state index is 6.00. The molecule has 1 fully saturated rings.